The molecular formula is C41H79NO4. The predicted octanol–water partition coefficient (Wildman–Crippen LogP) is 11.0. The number of unbranched alkanes of at least 4 members (excludes halogenated alkanes) is 26. The van der Waals surface area contributed by atoms with Gasteiger partial charge in [-0.3, -0.25) is 4.79 Å². The summed E-state index contributed by atoms with van der Waals surface area (Å²) in [5.74, 6) is -0.512. The molecule has 0 heterocycles. The van der Waals surface area contributed by atoms with Gasteiger partial charge in [0.15, 0.2) is 0 Å². The maximum Gasteiger partial charge on any atom is 0.249 e. The lowest BCUT2D eigenvalue weighted by Gasteiger charge is -2.21. The van der Waals surface area contributed by atoms with Crippen molar-refractivity contribution in [3.8, 4) is 0 Å². The molecule has 0 aromatic rings. The first-order chi connectivity index (χ1) is 22.6. The number of hydrogen-bond acceptors (Lipinski definition) is 4. The molecule has 0 aromatic heterocycles. The summed E-state index contributed by atoms with van der Waals surface area (Å²) in [7, 11) is 0. The molecule has 1 amide bonds. The molecule has 0 aliphatic rings. The minimum Gasteiger partial charge on any atom is -0.394 e. The maximum atomic E-state index is 12.4. The van der Waals surface area contributed by atoms with E-state index >= 15 is 0 Å². The van der Waals surface area contributed by atoms with Crippen molar-refractivity contribution >= 4 is 5.91 Å². The summed E-state index contributed by atoms with van der Waals surface area (Å²) in [6, 6.07) is -0.809. The number of carbonyl (C=O) groups is 1. The van der Waals surface area contributed by atoms with Crippen LogP contribution in [0.4, 0.5) is 0 Å². The van der Waals surface area contributed by atoms with Gasteiger partial charge in [0.05, 0.1) is 18.8 Å². The zero-order valence-corrected chi connectivity index (χ0v) is 30.7. The van der Waals surface area contributed by atoms with Crippen molar-refractivity contribution < 1.29 is 20.1 Å². The van der Waals surface area contributed by atoms with Crippen LogP contribution in [0.25, 0.3) is 0 Å². The lowest BCUT2D eigenvalue weighted by atomic mass is 10.0. The molecule has 46 heavy (non-hydrogen) atoms. The Bertz CT molecular complexity index is 679. The highest BCUT2D eigenvalue weighted by atomic mass is 16.3. The molecule has 0 saturated heterocycles. The van der Waals surface area contributed by atoms with Gasteiger partial charge in [0.1, 0.15) is 6.10 Å². The van der Waals surface area contributed by atoms with E-state index in [0.29, 0.717) is 6.42 Å². The third kappa shape index (κ3) is 31.4. The quantitative estimate of drug-likeness (QED) is 0.0401. The van der Waals surface area contributed by atoms with Gasteiger partial charge in [0.25, 0.3) is 0 Å². The fourth-order valence-electron chi connectivity index (χ4n) is 6.08. The molecule has 5 nitrogen and oxygen atoms in total. The van der Waals surface area contributed by atoms with Crippen LogP contribution in [0.3, 0.4) is 0 Å². The van der Waals surface area contributed by atoms with Crippen LogP contribution in [0.5, 0.6) is 0 Å². The molecule has 0 radical (unpaired) electrons. The molecule has 0 aromatic carbocycles. The number of aliphatic hydroxyl groups excluding tert-OH is 3. The topological polar surface area (TPSA) is 89.8 Å². The number of carbonyl (C=O) groups excluding carboxylic acids is 1. The van der Waals surface area contributed by atoms with Crippen LogP contribution in [-0.2, 0) is 4.79 Å². The Labute approximate surface area is 286 Å². The van der Waals surface area contributed by atoms with E-state index in [2.05, 4.69) is 31.3 Å². The first-order valence-electron chi connectivity index (χ1n) is 20.2. The van der Waals surface area contributed by atoms with Crippen LogP contribution in [0.1, 0.15) is 206 Å². The minimum atomic E-state index is -1.10. The number of hydrogen-bond donors (Lipinski definition) is 4. The Morgan fingerprint density at radius 2 is 0.891 bits per heavy atom. The van der Waals surface area contributed by atoms with Crippen molar-refractivity contribution in [1.82, 2.24) is 5.32 Å². The second-order valence-corrected chi connectivity index (χ2v) is 13.8. The smallest absolute Gasteiger partial charge is 0.249 e. The lowest BCUT2D eigenvalue weighted by Crippen LogP contribution is -2.48. The lowest BCUT2D eigenvalue weighted by molar-refractivity contribution is -0.131. The fraction of sp³-hybridized carbons (Fsp3) is 0.878. The number of nitrogens with one attached hydrogen (secondary N) is 1. The Kier molecular flexibility index (Phi) is 35.7. The van der Waals surface area contributed by atoms with Gasteiger partial charge in [-0.2, -0.15) is 0 Å². The van der Waals surface area contributed by atoms with Gasteiger partial charge in [0, 0.05) is 0 Å². The van der Waals surface area contributed by atoms with Gasteiger partial charge < -0.3 is 20.6 Å². The van der Waals surface area contributed by atoms with Crippen molar-refractivity contribution in [3.63, 3.8) is 0 Å². The molecule has 0 rings (SSSR count). The third-order valence-electron chi connectivity index (χ3n) is 9.29. The predicted molar refractivity (Wildman–Crippen MR) is 199 cm³/mol. The van der Waals surface area contributed by atoms with E-state index in [1.54, 1.807) is 6.08 Å². The summed E-state index contributed by atoms with van der Waals surface area (Å²) in [5, 5.41) is 33.0. The van der Waals surface area contributed by atoms with Crippen LogP contribution < -0.4 is 5.32 Å². The van der Waals surface area contributed by atoms with Gasteiger partial charge in [-0.25, -0.2) is 0 Å². The van der Waals surface area contributed by atoms with Crippen molar-refractivity contribution in [2.24, 2.45) is 0 Å². The van der Waals surface area contributed by atoms with Crippen molar-refractivity contribution in [2.45, 2.75) is 225 Å². The SMILES string of the molecule is CCCCCCCCCC=CCCC=CC(O)C(CO)NC(=O)C(O)CCCCCCCCCCCCCCCCCCCCC. The normalized spacial score (nSPS) is 13.9. The van der Waals surface area contributed by atoms with Crippen molar-refractivity contribution in [3.05, 3.63) is 24.3 Å². The van der Waals surface area contributed by atoms with Crippen LogP contribution in [0, 0.1) is 0 Å². The Balaban J connectivity index is 3.70. The van der Waals surface area contributed by atoms with Crippen LogP contribution in [0.15, 0.2) is 24.3 Å². The molecule has 0 bridgehead atoms. The van der Waals surface area contributed by atoms with E-state index in [4.69, 9.17) is 0 Å². The van der Waals surface area contributed by atoms with Crippen LogP contribution >= 0.6 is 0 Å². The first kappa shape index (κ1) is 44.8. The van der Waals surface area contributed by atoms with Crippen molar-refractivity contribution in [2.75, 3.05) is 6.61 Å². The highest BCUT2D eigenvalue weighted by Crippen LogP contribution is 2.15. The molecule has 3 atom stereocenters. The second kappa shape index (κ2) is 36.7. The number of allylic oxidation sites excluding steroid dienone is 3. The molecule has 272 valence electrons. The van der Waals surface area contributed by atoms with Crippen LogP contribution in [0.2, 0.25) is 0 Å². The average Bonchev–Trinajstić information content (AvgIpc) is 3.06. The van der Waals surface area contributed by atoms with Gasteiger partial charge >= 0.3 is 0 Å². The molecule has 0 fully saturated rings. The van der Waals surface area contributed by atoms with E-state index in [1.807, 2.05) is 6.08 Å². The summed E-state index contributed by atoms with van der Waals surface area (Å²) in [5.41, 5.74) is 0. The minimum absolute atomic E-state index is 0.373. The van der Waals surface area contributed by atoms with Crippen molar-refractivity contribution in [1.29, 1.82) is 0 Å². The summed E-state index contributed by atoms with van der Waals surface area (Å²) in [6.45, 7) is 4.16. The van der Waals surface area contributed by atoms with E-state index in [0.717, 1.165) is 38.5 Å². The largest absolute Gasteiger partial charge is 0.394 e. The summed E-state index contributed by atoms with van der Waals surface area (Å²) < 4.78 is 0. The monoisotopic (exact) mass is 650 g/mol. The summed E-state index contributed by atoms with van der Waals surface area (Å²) in [4.78, 5) is 12.4. The Morgan fingerprint density at radius 3 is 1.33 bits per heavy atom. The maximum absolute atomic E-state index is 12.4. The highest BCUT2D eigenvalue weighted by Gasteiger charge is 2.22. The van der Waals surface area contributed by atoms with Gasteiger partial charge in [-0.05, 0) is 32.1 Å². The molecule has 4 N–H and O–H groups in total. The molecule has 0 aliphatic carbocycles. The Hall–Kier alpha value is -1.17. The fourth-order valence-corrected chi connectivity index (χ4v) is 6.08. The van der Waals surface area contributed by atoms with Gasteiger partial charge in [-0.1, -0.05) is 199 Å². The molecule has 3 unspecified atom stereocenters. The molecular weight excluding hydrogens is 570 g/mol. The molecule has 0 spiro atoms. The Morgan fingerprint density at radius 1 is 0.522 bits per heavy atom. The van der Waals surface area contributed by atoms with E-state index in [-0.39, 0.29) is 6.61 Å². The van der Waals surface area contributed by atoms with Gasteiger partial charge in [0.2, 0.25) is 5.91 Å². The zero-order chi connectivity index (χ0) is 33.8. The summed E-state index contributed by atoms with van der Waals surface area (Å²) >= 11 is 0. The molecule has 0 aliphatic heterocycles. The van der Waals surface area contributed by atoms with Crippen LogP contribution in [-0.4, -0.2) is 46.1 Å². The average molecular weight is 650 g/mol. The molecule has 0 saturated carbocycles. The number of rotatable bonds is 36. The van der Waals surface area contributed by atoms with Gasteiger partial charge in [-0.15, -0.1) is 0 Å². The zero-order valence-electron chi connectivity index (χ0n) is 30.7. The van der Waals surface area contributed by atoms with E-state index in [9.17, 15) is 20.1 Å². The first-order valence-corrected chi connectivity index (χ1v) is 20.2. The standard InChI is InChI=1S/C41H79NO4/c1-3-5-7-9-11-13-15-17-18-19-20-21-22-24-26-28-30-32-34-36-40(45)41(46)42-38(37-43)39(44)35-33-31-29-27-25-23-16-14-12-10-8-6-4-2/h25,27,33,35,38-40,43-45H,3-24,26,28-32,34,36-37H2,1-2H3,(H,42,46). The van der Waals surface area contributed by atoms with E-state index in [1.165, 1.54) is 148 Å². The second-order valence-electron chi connectivity index (χ2n) is 13.8. The third-order valence-corrected chi connectivity index (χ3v) is 9.29. The highest BCUT2D eigenvalue weighted by molar-refractivity contribution is 5.80. The van der Waals surface area contributed by atoms with E-state index < -0.39 is 24.2 Å². The number of aliphatic hydroxyl groups is 3. The number of amides is 1. The summed E-state index contributed by atoms with van der Waals surface area (Å²) in [6.07, 6.45) is 43.4. The molecule has 5 heteroatoms.